The summed E-state index contributed by atoms with van der Waals surface area (Å²) in [6.07, 6.45) is 0. The molecular formula is C9H7Br2ClO2. The number of carbonyl (C=O) groups excluding carboxylic acids is 1. The molecule has 0 aliphatic heterocycles. The molecule has 0 saturated heterocycles. The summed E-state index contributed by atoms with van der Waals surface area (Å²) < 4.78 is 6.13. The highest BCUT2D eigenvalue weighted by Crippen LogP contribution is 2.30. The van der Waals surface area contributed by atoms with Gasteiger partial charge in [0, 0.05) is 14.0 Å². The van der Waals surface area contributed by atoms with Gasteiger partial charge in [-0.25, -0.2) is 4.79 Å². The van der Waals surface area contributed by atoms with E-state index in [1.165, 1.54) is 0 Å². The lowest BCUT2D eigenvalue weighted by molar-refractivity contribution is 0.0524. The number of hydrogen-bond acceptors (Lipinski definition) is 2. The average molecular weight is 342 g/mol. The van der Waals surface area contributed by atoms with E-state index >= 15 is 0 Å². The zero-order valence-electron chi connectivity index (χ0n) is 7.31. The molecule has 0 spiro atoms. The second kappa shape index (κ2) is 5.14. The fraction of sp³-hybridized carbons (Fsp3) is 0.222. The predicted octanol–water partition coefficient (Wildman–Crippen LogP) is 4.04. The van der Waals surface area contributed by atoms with Gasteiger partial charge in [-0.15, -0.1) is 0 Å². The second-order valence-corrected chi connectivity index (χ2v) is 4.61. The number of carbonyl (C=O) groups is 1. The Hall–Kier alpha value is -0.0600. The van der Waals surface area contributed by atoms with E-state index in [2.05, 4.69) is 31.9 Å². The first-order valence-corrected chi connectivity index (χ1v) is 5.84. The molecule has 0 saturated carbocycles. The van der Waals surface area contributed by atoms with Crippen LogP contribution in [0.1, 0.15) is 17.3 Å². The maximum absolute atomic E-state index is 11.5. The van der Waals surface area contributed by atoms with Crippen molar-refractivity contribution < 1.29 is 9.53 Å². The van der Waals surface area contributed by atoms with Crippen molar-refractivity contribution in [3.8, 4) is 0 Å². The van der Waals surface area contributed by atoms with E-state index in [9.17, 15) is 4.79 Å². The van der Waals surface area contributed by atoms with Gasteiger partial charge in [-0.1, -0.05) is 11.6 Å². The van der Waals surface area contributed by atoms with E-state index < -0.39 is 0 Å². The van der Waals surface area contributed by atoms with E-state index in [1.54, 1.807) is 19.1 Å². The number of halogens is 3. The lowest BCUT2D eigenvalue weighted by Crippen LogP contribution is -2.06. The first-order valence-electron chi connectivity index (χ1n) is 3.88. The molecule has 0 aliphatic rings. The molecule has 0 aliphatic carbocycles. The molecule has 0 amide bonds. The molecular weight excluding hydrogens is 335 g/mol. The van der Waals surface area contributed by atoms with Crippen LogP contribution >= 0.6 is 43.5 Å². The molecule has 0 unspecified atom stereocenters. The summed E-state index contributed by atoms with van der Waals surface area (Å²) in [5.41, 5.74) is 0.455. The minimum absolute atomic E-state index is 0.348. The lowest BCUT2D eigenvalue weighted by atomic mass is 10.2. The summed E-state index contributed by atoms with van der Waals surface area (Å²) >= 11 is 12.3. The van der Waals surface area contributed by atoms with Crippen molar-refractivity contribution in [3.63, 3.8) is 0 Å². The molecule has 14 heavy (non-hydrogen) atoms. The first-order chi connectivity index (χ1) is 6.56. The van der Waals surface area contributed by atoms with Crippen LogP contribution in [0.4, 0.5) is 0 Å². The van der Waals surface area contributed by atoms with Gasteiger partial charge in [-0.3, -0.25) is 0 Å². The Morgan fingerprint density at radius 3 is 2.36 bits per heavy atom. The van der Waals surface area contributed by atoms with E-state index in [0.29, 0.717) is 26.1 Å². The molecule has 0 fully saturated rings. The van der Waals surface area contributed by atoms with Crippen LogP contribution in [-0.2, 0) is 4.74 Å². The molecule has 1 aromatic rings. The van der Waals surface area contributed by atoms with Crippen molar-refractivity contribution in [2.24, 2.45) is 0 Å². The van der Waals surface area contributed by atoms with Crippen LogP contribution in [0.2, 0.25) is 5.02 Å². The average Bonchev–Trinajstić information content (AvgIpc) is 2.01. The van der Waals surface area contributed by atoms with Gasteiger partial charge in [0.25, 0.3) is 0 Å². The largest absolute Gasteiger partial charge is 0.462 e. The summed E-state index contributed by atoms with van der Waals surface area (Å²) in [4.78, 5) is 11.5. The fourth-order valence-electron chi connectivity index (χ4n) is 0.940. The molecule has 0 N–H and O–H groups in total. The van der Waals surface area contributed by atoms with Crippen LogP contribution in [0.5, 0.6) is 0 Å². The summed E-state index contributed by atoms with van der Waals surface area (Å²) in [6.45, 7) is 2.11. The molecule has 0 heterocycles. The highest BCUT2D eigenvalue weighted by atomic mass is 79.9. The topological polar surface area (TPSA) is 26.3 Å². The Bertz CT molecular complexity index is 343. The van der Waals surface area contributed by atoms with Crippen LogP contribution < -0.4 is 0 Å². The summed E-state index contributed by atoms with van der Waals surface area (Å²) in [5, 5.41) is 0.553. The normalized spacial score (nSPS) is 10.0. The van der Waals surface area contributed by atoms with E-state index in [0.717, 1.165) is 0 Å². The van der Waals surface area contributed by atoms with Crippen molar-refractivity contribution in [2.45, 2.75) is 6.92 Å². The SMILES string of the molecule is CCOC(=O)c1c(Br)cc(Cl)cc1Br. The van der Waals surface area contributed by atoms with Crippen LogP contribution in [-0.4, -0.2) is 12.6 Å². The van der Waals surface area contributed by atoms with Crippen LogP contribution in [0, 0.1) is 0 Å². The van der Waals surface area contributed by atoms with Crippen LogP contribution in [0.3, 0.4) is 0 Å². The first kappa shape index (κ1) is 12.0. The minimum Gasteiger partial charge on any atom is -0.462 e. The Morgan fingerprint density at radius 1 is 1.43 bits per heavy atom. The smallest absolute Gasteiger partial charge is 0.340 e. The zero-order chi connectivity index (χ0) is 10.7. The maximum Gasteiger partial charge on any atom is 0.340 e. The highest BCUT2D eigenvalue weighted by molar-refractivity contribution is 9.11. The number of rotatable bonds is 2. The molecule has 0 atom stereocenters. The van der Waals surface area contributed by atoms with Crippen molar-refractivity contribution in [3.05, 3.63) is 31.7 Å². The third-order valence-electron chi connectivity index (χ3n) is 1.49. The second-order valence-electron chi connectivity index (χ2n) is 2.46. The third-order valence-corrected chi connectivity index (χ3v) is 2.96. The molecule has 2 nitrogen and oxygen atoms in total. The Morgan fingerprint density at radius 2 is 1.93 bits per heavy atom. The minimum atomic E-state index is -0.372. The predicted molar refractivity (Wildman–Crippen MR) is 62.8 cm³/mol. The van der Waals surface area contributed by atoms with Crippen molar-refractivity contribution >= 4 is 49.4 Å². The quantitative estimate of drug-likeness (QED) is 0.758. The number of hydrogen-bond donors (Lipinski definition) is 0. The Labute approximate surface area is 104 Å². The van der Waals surface area contributed by atoms with E-state index in [4.69, 9.17) is 16.3 Å². The molecule has 5 heteroatoms. The molecule has 0 bridgehead atoms. The van der Waals surface area contributed by atoms with E-state index in [1.807, 2.05) is 0 Å². The molecule has 0 aromatic heterocycles. The molecule has 1 rings (SSSR count). The van der Waals surface area contributed by atoms with Crippen molar-refractivity contribution in [1.29, 1.82) is 0 Å². The molecule has 0 radical (unpaired) electrons. The fourth-order valence-corrected chi connectivity index (χ4v) is 2.93. The van der Waals surface area contributed by atoms with Crippen molar-refractivity contribution in [2.75, 3.05) is 6.61 Å². The maximum atomic E-state index is 11.5. The number of ether oxygens (including phenoxy) is 1. The lowest BCUT2D eigenvalue weighted by Gasteiger charge is -2.06. The Kier molecular flexibility index (Phi) is 4.41. The summed E-state index contributed by atoms with van der Waals surface area (Å²) in [6, 6.07) is 3.30. The standard InChI is InChI=1S/C9H7Br2ClO2/c1-2-14-9(13)8-6(10)3-5(12)4-7(8)11/h3-4H,2H2,1H3. The van der Waals surface area contributed by atoms with Gasteiger partial charge in [0.1, 0.15) is 0 Å². The third kappa shape index (κ3) is 2.72. The molecule has 1 aromatic carbocycles. The van der Waals surface area contributed by atoms with Gasteiger partial charge in [-0.05, 0) is 50.9 Å². The van der Waals surface area contributed by atoms with Gasteiger partial charge in [0.2, 0.25) is 0 Å². The number of esters is 1. The zero-order valence-corrected chi connectivity index (χ0v) is 11.2. The highest BCUT2D eigenvalue weighted by Gasteiger charge is 2.15. The molecule has 76 valence electrons. The van der Waals surface area contributed by atoms with E-state index in [-0.39, 0.29) is 5.97 Å². The number of benzene rings is 1. The van der Waals surface area contributed by atoms with Gasteiger partial charge >= 0.3 is 5.97 Å². The Balaban J connectivity index is 3.14. The van der Waals surface area contributed by atoms with Crippen molar-refractivity contribution in [1.82, 2.24) is 0 Å². The van der Waals surface area contributed by atoms with Gasteiger partial charge < -0.3 is 4.74 Å². The van der Waals surface area contributed by atoms with Gasteiger partial charge in [0.15, 0.2) is 0 Å². The van der Waals surface area contributed by atoms with Crippen LogP contribution in [0.15, 0.2) is 21.1 Å². The summed E-state index contributed by atoms with van der Waals surface area (Å²) in [7, 11) is 0. The van der Waals surface area contributed by atoms with Gasteiger partial charge in [-0.2, -0.15) is 0 Å². The monoisotopic (exact) mass is 340 g/mol. The van der Waals surface area contributed by atoms with Crippen LogP contribution in [0.25, 0.3) is 0 Å². The van der Waals surface area contributed by atoms with Gasteiger partial charge in [0.05, 0.1) is 12.2 Å². The summed E-state index contributed by atoms with van der Waals surface area (Å²) in [5.74, 6) is -0.372.